The first kappa shape index (κ1) is 60.1. The average Bonchev–Trinajstić information content (AvgIpc) is 0.877. The van der Waals surface area contributed by atoms with Gasteiger partial charge in [-0.15, -0.1) is 0 Å². The lowest BCUT2D eigenvalue weighted by atomic mass is 9.82. The normalized spacial score (nSPS) is 13.7. The van der Waals surface area contributed by atoms with Gasteiger partial charge in [0.2, 0.25) is 0 Å². The van der Waals surface area contributed by atoms with Gasteiger partial charge in [0.15, 0.2) is 0 Å². The standard InChI is InChI=1S/C78H82Br2N4O4/c1-5-9-13-17-23-49-27-35-65-57(43-49)58-44-50(24-18-14-10-6-2)28-36-66(58)81(65)39-21-41-83-75(85)55-33-31-53-72-64(80)48-62-70-56(34-32-54(74(70)72)71-63(79)47-61(77(83)87)69(55)73(53)71)76(86)84(78(62)88)42-22-40-82-67-37-29-51(25-19-15-11-7-3)45-59(67)60-46-52(30-38-68(60)82)26-20-16-12-8-4/h27-38,43-48H,5-26,39-42H2,1-4H3. The highest BCUT2D eigenvalue weighted by molar-refractivity contribution is 9.11. The van der Waals surface area contributed by atoms with E-state index in [9.17, 15) is 19.2 Å². The fraction of sp³-hybridized carbons (Fsp3) is 0.385. The third-order valence-electron chi connectivity index (χ3n) is 19.7. The van der Waals surface area contributed by atoms with E-state index < -0.39 is 0 Å². The minimum atomic E-state index is -0.307. The van der Waals surface area contributed by atoms with Crippen molar-refractivity contribution in [3.63, 3.8) is 0 Å². The highest BCUT2D eigenvalue weighted by Crippen LogP contribution is 2.51. The molecule has 2 aliphatic rings. The van der Waals surface area contributed by atoms with Crippen molar-refractivity contribution >= 4 is 142 Å². The number of aryl methyl sites for hydroxylation is 6. The highest BCUT2D eigenvalue weighted by atomic mass is 79.9. The van der Waals surface area contributed by atoms with Gasteiger partial charge in [0.1, 0.15) is 0 Å². The molecule has 9 aromatic carbocycles. The lowest BCUT2D eigenvalue weighted by molar-refractivity contribution is 0.0592. The second-order valence-electron chi connectivity index (χ2n) is 25.6. The summed E-state index contributed by atoms with van der Waals surface area (Å²) in [6.45, 7) is 10.9. The smallest absolute Gasteiger partial charge is 0.261 e. The number of carbonyl (C=O) groups is 4. The summed E-state index contributed by atoms with van der Waals surface area (Å²) in [5, 5.41) is 11.4. The van der Waals surface area contributed by atoms with Crippen LogP contribution in [0.4, 0.5) is 0 Å². The van der Waals surface area contributed by atoms with Gasteiger partial charge >= 0.3 is 0 Å². The van der Waals surface area contributed by atoms with Crippen LogP contribution in [0.5, 0.6) is 0 Å². The van der Waals surface area contributed by atoms with Crippen molar-refractivity contribution in [1.82, 2.24) is 18.9 Å². The van der Waals surface area contributed by atoms with Gasteiger partial charge in [0.05, 0.1) is 0 Å². The summed E-state index contributed by atoms with van der Waals surface area (Å²) < 4.78 is 6.22. The minimum absolute atomic E-state index is 0.268. The first-order chi connectivity index (χ1) is 43.0. The molecule has 0 fully saturated rings. The molecule has 0 bridgehead atoms. The number of hydrogen-bond donors (Lipinski definition) is 0. The highest BCUT2D eigenvalue weighted by Gasteiger charge is 2.38. The first-order valence-electron chi connectivity index (χ1n) is 33.4. The van der Waals surface area contributed by atoms with Crippen LogP contribution in [0.2, 0.25) is 0 Å². The van der Waals surface area contributed by atoms with Crippen LogP contribution in [0.1, 0.15) is 207 Å². The molecule has 4 heterocycles. The van der Waals surface area contributed by atoms with Crippen molar-refractivity contribution in [3.8, 4) is 0 Å². The van der Waals surface area contributed by atoms with Gasteiger partial charge in [-0.3, -0.25) is 29.0 Å². The van der Waals surface area contributed by atoms with E-state index in [0.29, 0.717) is 67.9 Å². The van der Waals surface area contributed by atoms with E-state index in [1.165, 1.54) is 178 Å². The SMILES string of the molecule is CCCCCCc1ccc2c(c1)c1cc(CCCCCC)ccc1n2CCCN1C(=O)c2ccc3c4c(Br)cc5c6c(ccc(c7c(Br)cc(c2c37)C1=O)c64)C(=O)N(CCCn1c2ccc(CCCCCC)cc2c2cc(CCCCCC)ccc21)C5=O. The number of unbranched alkanes of at least 4 members (excludes halogenated alkanes) is 12. The summed E-state index contributed by atoms with van der Waals surface area (Å²) in [7, 11) is 0. The van der Waals surface area contributed by atoms with Gasteiger partial charge in [-0.1, -0.05) is 173 Å². The summed E-state index contributed by atoms with van der Waals surface area (Å²) in [5.41, 5.74) is 12.2. The van der Waals surface area contributed by atoms with Gasteiger partial charge in [-0.2, -0.15) is 0 Å². The van der Waals surface area contributed by atoms with E-state index in [-0.39, 0.29) is 36.7 Å². The molecule has 0 atom stereocenters. The third-order valence-corrected chi connectivity index (χ3v) is 21.0. The molecule has 0 N–H and O–H groups in total. The molecule has 13 rings (SSSR count). The van der Waals surface area contributed by atoms with Crippen LogP contribution in [0, 0.1) is 0 Å². The monoisotopic (exact) mass is 1300 g/mol. The Morgan fingerprint density at radius 1 is 0.284 bits per heavy atom. The molecule has 11 aromatic rings. The van der Waals surface area contributed by atoms with Crippen LogP contribution < -0.4 is 0 Å². The van der Waals surface area contributed by atoms with Crippen LogP contribution in [-0.4, -0.2) is 55.7 Å². The maximum absolute atomic E-state index is 14.9. The first-order valence-corrected chi connectivity index (χ1v) is 35.0. The molecule has 0 radical (unpaired) electrons. The van der Waals surface area contributed by atoms with E-state index in [1.54, 1.807) is 0 Å². The molecule has 2 aromatic heterocycles. The fourth-order valence-corrected chi connectivity index (χ4v) is 16.5. The number of benzene rings is 9. The van der Waals surface area contributed by atoms with E-state index in [4.69, 9.17) is 0 Å². The van der Waals surface area contributed by atoms with E-state index in [1.807, 2.05) is 36.4 Å². The maximum Gasteiger partial charge on any atom is 0.261 e. The summed E-state index contributed by atoms with van der Waals surface area (Å²) in [6, 6.07) is 39.4. The molecule has 2 aliphatic heterocycles. The fourth-order valence-electron chi connectivity index (χ4n) is 15.2. The average molecular weight is 1300 g/mol. The number of hydrogen-bond acceptors (Lipinski definition) is 4. The summed E-state index contributed by atoms with van der Waals surface area (Å²) >= 11 is 7.92. The van der Waals surface area contributed by atoms with Crippen molar-refractivity contribution in [1.29, 1.82) is 0 Å². The van der Waals surface area contributed by atoms with E-state index in [0.717, 1.165) is 58.0 Å². The lowest BCUT2D eigenvalue weighted by Gasteiger charge is -2.31. The van der Waals surface area contributed by atoms with Crippen LogP contribution in [-0.2, 0) is 38.8 Å². The largest absolute Gasteiger partial charge is 0.340 e. The van der Waals surface area contributed by atoms with Crippen LogP contribution in [0.25, 0.3) is 86.7 Å². The second-order valence-corrected chi connectivity index (χ2v) is 27.3. The van der Waals surface area contributed by atoms with Crippen molar-refractivity contribution in [3.05, 3.63) is 163 Å². The Morgan fingerprint density at radius 2 is 0.591 bits per heavy atom. The Labute approximate surface area is 534 Å². The quantitative estimate of drug-likeness (QED) is 0.0212. The molecule has 4 amide bonds. The van der Waals surface area contributed by atoms with Gasteiger partial charge < -0.3 is 9.13 Å². The number of halogens is 2. The van der Waals surface area contributed by atoms with Gasteiger partial charge in [-0.05, 0) is 170 Å². The van der Waals surface area contributed by atoms with Crippen LogP contribution >= 0.6 is 31.9 Å². The molecule has 10 heteroatoms. The van der Waals surface area contributed by atoms with Crippen molar-refractivity contribution in [2.24, 2.45) is 0 Å². The number of fused-ring (bicyclic) bond motifs is 8. The molecule has 8 nitrogen and oxygen atoms in total. The number of carbonyl (C=O) groups excluding carboxylic acids is 4. The summed E-state index contributed by atoms with van der Waals surface area (Å²) in [6.07, 6.45) is 25.1. The molecule has 88 heavy (non-hydrogen) atoms. The zero-order valence-corrected chi connectivity index (χ0v) is 55.1. The Hall–Kier alpha value is -6.88. The van der Waals surface area contributed by atoms with Crippen molar-refractivity contribution in [2.45, 2.75) is 182 Å². The predicted octanol–water partition coefficient (Wildman–Crippen LogP) is 21.3. The molecule has 0 saturated heterocycles. The van der Waals surface area contributed by atoms with Gasteiger partial charge in [-0.25, -0.2) is 0 Å². The molecular weight excluding hydrogens is 1220 g/mol. The Bertz CT molecular complexity index is 4120. The topological polar surface area (TPSA) is 84.6 Å². The van der Waals surface area contributed by atoms with Crippen molar-refractivity contribution in [2.75, 3.05) is 13.1 Å². The zero-order chi connectivity index (χ0) is 60.7. The number of rotatable bonds is 28. The number of aromatic nitrogens is 2. The van der Waals surface area contributed by atoms with Gasteiger partial charge in [0, 0.05) is 133 Å². The lowest BCUT2D eigenvalue weighted by Crippen LogP contribution is -2.41. The maximum atomic E-state index is 14.9. The van der Waals surface area contributed by atoms with E-state index >= 15 is 0 Å². The zero-order valence-electron chi connectivity index (χ0n) is 52.0. The van der Waals surface area contributed by atoms with E-state index in [2.05, 4.69) is 141 Å². The minimum Gasteiger partial charge on any atom is -0.340 e. The summed E-state index contributed by atoms with van der Waals surface area (Å²) in [4.78, 5) is 62.6. The molecule has 0 spiro atoms. The third kappa shape index (κ3) is 10.8. The Kier molecular flexibility index (Phi) is 17.7. The number of amides is 4. The van der Waals surface area contributed by atoms with Crippen molar-refractivity contribution < 1.29 is 19.2 Å². The molecular formula is C78H82Br2N4O4. The van der Waals surface area contributed by atoms with Crippen LogP contribution in [0.15, 0.2) is 118 Å². The van der Waals surface area contributed by atoms with Gasteiger partial charge in [0.25, 0.3) is 23.6 Å². The molecule has 0 aliphatic carbocycles. The summed E-state index contributed by atoms with van der Waals surface area (Å²) in [5.74, 6) is -1.21. The molecule has 452 valence electrons. The molecule has 0 unspecified atom stereocenters. The number of nitrogens with zero attached hydrogens (tertiary/aromatic N) is 4. The second kappa shape index (κ2) is 25.9. The Morgan fingerprint density at radius 3 is 0.898 bits per heavy atom. The van der Waals surface area contributed by atoms with Crippen LogP contribution in [0.3, 0.4) is 0 Å². The Balaban J connectivity index is 0.775. The predicted molar refractivity (Wildman–Crippen MR) is 373 cm³/mol. The number of imide groups is 2. The molecule has 0 saturated carbocycles.